The second-order valence-corrected chi connectivity index (χ2v) is 9.05. The zero-order chi connectivity index (χ0) is 28.5. The predicted octanol–water partition coefficient (Wildman–Crippen LogP) is 3.30. The van der Waals surface area contributed by atoms with Gasteiger partial charge in [0, 0.05) is 12.1 Å². The van der Waals surface area contributed by atoms with Crippen LogP contribution >= 0.6 is 0 Å². The van der Waals surface area contributed by atoms with Crippen LogP contribution in [0.1, 0.15) is 31.9 Å². The molecule has 0 radical (unpaired) electrons. The average molecular weight is 540 g/mol. The Morgan fingerprint density at radius 1 is 1.10 bits per heavy atom. The van der Waals surface area contributed by atoms with Crippen molar-refractivity contribution in [3.8, 4) is 0 Å². The molecule has 13 nitrogen and oxygen atoms in total. The molecule has 0 saturated carbocycles. The van der Waals surface area contributed by atoms with Gasteiger partial charge in [0.2, 0.25) is 6.29 Å². The van der Waals surface area contributed by atoms with E-state index < -0.39 is 51.1 Å². The van der Waals surface area contributed by atoms with Crippen molar-refractivity contribution in [3.63, 3.8) is 0 Å². The van der Waals surface area contributed by atoms with Gasteiger partial charge in [0.25, 0.3) is 11.4 Å². The molecule has 2 aliphatic heterocycles. The maximum absolute atomic E-state index is 12.9. The highest BCUT2D eigenvalue weighted by molar-refractivity contribution is 5.99. The zero-order valence-corrected chi connectivity index (χ0v) is 21.1. The van der Waals surface area contributed by atoms with Crippen molar-refractivity contribution in [1.29, 1.82) is 0 Å². The van der Waals surface area contributed by atoms with Gasteiger partial charge >= 0.3 is 11.9 Å². The Morgan fingerprint density at radius 3 is 2.26 bits per heavy atom. The molecule has 2 aromatic rings. The number of hydrogen-bond acceptors (Lipinski definition) is 11. The smallest absolute Gasteiger partial charge is 0.339 e. The first-order valence-electron chi connectivity index (χ1n) is 11.7. The molecule has 2 saturated heterocycles. The molecule has 2 aromatic carbocycles. The maximum atomic E-state index is 12.9. The molecule has 0 aliphatic carbocycles. The van der Waals surface area contributed by atoms with Crippen molar-refractivity contribution in [1.82, 2.24) is 0 Å². The fourth-order valence-electron chi connectivity index (χ4n) is 4.30. The van der Waals surface area contributed by atoms with Crippen LogP contribution in [0.5, 0.6) is 0 Å². The largest absolute Gasteiger partial charge is 0.463 e. The van der Waals surface area contributed by atoms with Crippen LogP contribution in [0.3, 0.4) is 0 Å². The Labute approximate surface area is 221 Å². The van der Waals surface area contributed by atoms with E-state index in [1.165, 1.54) is 62.4 Å². The number of aliphatic hydroxyl groups is 1. The quantitative estimate of drug-likeness (QED) is 0.225. The monoisotopic (exact) mass is 540 g/mol. The first-order chi connectivity index (χ1) is 18.4. The van der Waals surface area contributed by atoms with Crippen LogP contribution in [0.15, 0.2) is 59.7 Å². The normalized spacial score (nSPS) is 25.1. The van der Waals surface area contributed by atoms with E-state index in [0.29, 0.717) is 0 Å². The molecule has 204 valence electrons. The molecule has 0 aromatic heterocycles. The molecule has 2 fully saturated rings. The van der Waals surface area contributed by atoms with Crippen LogP contribution in [0.4, 0.5) is 11.4 Å². The van der Waals surface area contributed by atoms with Crippen LogP contribution in [-0.2, 0) is 28.5 Å². The van der Waals surface area contributed by atoms with Crippen LogP contribution in [-0.4, -0.2) is 57.3 Å². The summed E-state index contributed by atoms with van der Waals surface area (Å²) >= 11 is 0. The lowest BCUT2D eigenvalue weighted by Gasteiger charge is -2.31. The zero-order valence-electron chi connectivity index (χ0n) is 21.1. The van der Waals surface area contributed by atoms with E-state index >= 15 is 0 Å². The van der Waals surface area contributed by atoms with E-state index in [9.17, 15) is 34.9 Å². The molecule has 0 amide bonds. The summed E-state index contributed by atoms with van der Waals surface area (Å²) in [7, 11) is 0. The van der Waals surface area contributed by atoms with Crippen molar-refractivity contribution in [3.05, 3.63) is 91.0 Å². The van der Waals surface area contributed by atoms with Crippen molar-refractivity contribution < 1.29 is 43.5 Å². The molecular weight excluding hydrogens is 516 g/mol. The molecule has 4 atom stereocenters. The number of carbonyl (C=O) groups is 2. The highest BCUT2D eigenvalue weighted by atomic mass is 16.8. The fourth-order valence-corrected chi connectivity index (χ4v) is 4.30. The number of nitro groups is 2. The summed E-state index contributed by atoms with van der Waals surface area (Å²) in [5, 5.41) is 34.5. The third-order valence-corrected chi connectivity index (χ3v) is 6.38. The van der Waals surface area contributed by atoms with Gasteiger partial charge in [-0.2, -0.15) is 0 Å². The number of carbonyl (C=O) groups excluding carboxylic acids is 2. The first-order valence-corrected chi connectivity index (χ1v) is 11.7. The third-order valence-electron chi connectivity index (χ3n) is 6.38. The Balaban J connectivity index is 1.74. The van der Waals surface area contributed by atoms with Gasteiger partial charge in [-0.25, -0.2) is 9.59 Å². The van der Waals surface area contributed by atoms with Gasteiger partial charge in [0.05, 0.1) is 38.7 Å². The Hall–Kier alpha value is -4.46. The van der Waals surface area contributed by atoms with Crippen LogP contribution in [0.25, 0.3) is 12.2 Å². The van der Waals surface area contributed by atoms with Crippen LogP contribution in [0.2, 0.25) is 0 Å². The number of rotatable bonds is 8. The van der Waals surface area contributed by atoms with Gasteiger partial charge in [-0.05, 0) is 45.1 Å². The van der Waals surface area contributed by atoms with E-state index in [1.807, 2.05) is 0 Å². The summed E-state index contributed by atoms with van der Waals surface area (Å²) in [5.41, 5.74) is -4.88. The van der Waals surface area contributed by atoms with E-state index in [4.69, 9.17) is 18.9 Å². The van der Waals surface area contributed by atoms with Crippen LogP contribution < -0.4 is 0 Å². The minimum absolute atomic E-state index is 0.0126. The lowest BCUT2D eigenvalue weighted by molar-refractivity contribution is -0.385. The second-order valence-electron chi connectivity index (χ2n) is 9.05. The van der Waals surface area contributed by atoms with Gasteiger partial charge in [-0.1, -0.05) is 24.3 Å². The average Bonchev–Trinajstić information content (AvgIpc) is 3.33. The van der Waals surface area contributed by atoms with E-state index in [2.05, 4.69) is 0 Å². The molecule has 4 rings (SSSR count). The lowest BCUT2D eigenvalue weighted by Crippen LogP contribution is -2.46. The van der Waals surface area contributed by atoms with Gasteiger partial charge in [-0.3, -0.25) is 20.2 Å². The molecule has 1 N–H and O–H groups in total. The standard InChI is InChI=1S/C26H24N2O11/c1-4-36-21(29)17(13-15-9-5-7-11-19(15)27(32)33)25(2,31)23-38-24-26(3,39-23)18(22(30)37-24)14-16-10-6-8-12-20(16)28(34)35/h5-14,23-24,31H,4H2,1-3H3/b17-13+,18-14+/t23-,24-,25?,26-/m1/s1. The topological polar surface area (TPSA) is 178 Å². The van der Waals surface area contributed by atoms with Gasteiger partial charge in [0.1, 0.15) is 5.60 Å². The van der Waals surface area contributed by atoms with E-state index in [0.717, 1.165) is 6.08 Å². The highest BCUT2D eigenvalue weighted by Crippen LogP contribution is 2.47. The van der Waals surface area contributed by atoms with Crippen molar-refractivity contribution in [2.75, 3.05) is 6.61 Å². The van der Waals surface area contributed by atoms with Crippen molar-refractivity contribution in [2.45, 2.75) is 44.6 Å². The SMILES string of the molecule is CCOC(=O)/C(=C\c1ccccc1[N+](=O)[O-])C(C)(O)[C@@H]1O[C@H]2OC(=O)/C(=C\c3ccccc3[N+](=O)[O-])[C@@]2(C)O1. The molecule has 0 spiro atoms. The molecular formula is C26H24N2O11. The number of hydrogen-bond donors (Lipinski definition) is 1. The Kier molecular flexibility index (Phi) is 7.33. The lowest BCUT2D eigenvalue weighted by atomic mass is 9.92. The predicted molar refractivity (Wildman–Crippen MR) is 134 cm³/mol. The minimum atomic E-state index is -2.26. The number of esters is 2. The molecule has 13 heteroatoms. The van der Waals surface area contributed by atoms with E-state index in [-0.39, 0.29) is 34.7 Å². The summed E-state index contributed by atoms with van der Waals surface area (Å²) in [6, 6.07) is 11.3. The Bertz CT molecular complexity index is 1410. The number of benzene rings is 2. The van der Waals surface area contributed by atoms with Gasteiger partial charge in [0.15, 0.2) is 11.9 Å². The summed E-state index contributed by atoms with van der Waals surface area (Å²) in [4.78, 5) is 47.3. The fraction of sp³-hybridized carbons (Fsp3) is 0.308. The van der Waals surface area contributed by atoms with Crippen molar-refractivity contribution >= 4 is 35.5 Å². The van der Waals surface area contributed by atoms with Gasteiger partial charge < -0.3 is 24.1 Å². The number of nitro benzene ring substituents is 2. The number of para-hydroxylation sites is 2. The summed E-state index contributed by atoms with van der Waals surface area (Å²) in [6.45, 7) is 4.11. The number of fused-ring (bicyclic) bond motifs is 1. The minimum Gasteiger partial charge on any atom is -0.463 e. The molecule has 2 aliphatic rings. The molecule has 0 bridgehead atoms. The van der Waals surface area contributed by atoms with Gasteiger partial charge in [-0.15, -0.1) is 0 Å². The van der Waals surface area contributed by atoms with Crippen molar-refractivity contribution in [2.24, 2.45) is 0 Å². The first kappa shape index (κ1) is 27.6. The summed E-state index contributed by atoms with van der Waals surface area (Å²) in [6.07, 6.45) is -0.635. The second kappa shape index (κ2) is 10.4. The van der Waals surface area contributed by atoms with Crippen LogP contribution in [0, 0.1) is 20.2 Å². The number of ether oxygens (including phenoxy) is 4. The molecule has 39 heavy (non-hydrogen) atoms. The Morgan fingerprint density at radius 2 is 1.67 bits per heavy atom. The number of nitrogens with zero attached hydrogens (tertiary/aromatic N) is 2. The third kappa shape index (κ3) is 5.02. The summed E-state index contributed by atoms with van der Waals surface area (Å²) < 4.78 is 22.1. The summed E-state index contributed by atoms with van der Waals surface area (Å²) in [5.74, 6) is -1.83. The highest BCUT2D eigenvalue weighted by Gasteiger charge is 2.63. The molecule has 2 heterocycles. The van der Waals surface area contributed by atoms with E-state index in [1.54, 1.807) is 13.0 Å². The molecule has 1 unspecified atom stereocenters. The maximum Gasteiger partial charge on any atom is 0.339 e.